The van der Waals surface area contributed by atoms with E-state index in [1.54, 1.807) is 40.0 Å². The molecule has 2 aliphatic rings. The van der Waals surface area contributed by atoms with E-state index in [1.165, 1.54) is 24.8 Å². The van der Waals surface area contributed by atoms with E-state index >= 15 is 0 Å². The molecule has 0 radical (unpaired) electrons. The zero-order valence-electron chi connectivity index (χ0n) is 33.3. The second-order valence-corrected chi connectivity index (χ2v) is 18.3. The number of aromatic nitrogens is 1. The van der Waals surface area contributed by atoms with Crippen molar-refractivity contribution in [3.05, 3.63) is 67.3 Å². The molecule has 4 amide bonds. The summed E-state index contributed by atoms with van der Waals surface area (Å²) < 4.78 is 45.1. The van der Waals surface area contributed by atoms with Crippen LogP contribution in [0.4, 0.5) is 4.79 Å². The van der Waals surface area contributed by atoms with Gasteiger partial charge in [-0.05, 0) is 65.5 Å². The van der Waals surface area contributed by atoms with Gasteiger partial charge in [0.1, 0.15) is 40.8 Å². The number of amides is 4. The summed E-state index contributed by atoms with van der Waals surface area (Å²) in [7, 11) is -2.46. The van der Waals surface area contributed by atoms with Gasteiger partial charge in [-0.1, -0.05) is 50.3 Å². The molecular weight excluding hydrogens is 739 g/mol. The van der Waals surface area contributed by atoms with Gasteiger partial charge in [-0.2, -0.15) is 0 Å². The van der Waals surface area contributed by atoms with E-state index in [9.17, 15) is 27.6 Å². The van der Waals surface area contributed by atoms with Crippen LogP contribution in [0.5, 0.6) is 11.5 Å². The molecule has 5 atom stereocenters. The summed E-state index contributed by atoms with van der Waals surface area (Å²) in [6.07, 6.45) is 0.345. The molecule has 15 heteroatoms. The number of benzene rings is 2. The van der Waals surface area contributed by atoms with Crippen LogP contribution < -0.4 is 24.8 Å². The molecule has 0 spiro atoms. The number of carbonyl (C=O) groups is 4. The van der Waals surface area contributed by atoms with E-state index in [-0.39, 0.29) is 31.7 Å². The van der Waals surface area contributed by atoms with Crippen molar-refractivity contribution >= 4 is 44.7 Å². The smallest absolute Gasteiger partial charge is 0.408 e. The fraction of sp³-hybridized carbons (Fsp3) is 0.488. The molecule has 2 heterocycles. The van der Waals surface area contributed by atoms with Crippen LogP contribution in [-0.2, 0) is 29.1 Å². The van der Waals surface area contributed by atoms with Crippen LogP contribution in [0.1, 0.15) is 67.7 Å². The Morgan fingerprint density at radius 2 is 1.75 bits per heavy atom. The third-order valence-electron chi connectivity index (χ3n) is 9.79. The van der Waals surface area contributed by atoms with Crippen molar-refractivity contribution in [3.63, 3.8) is 0 Å². The van der Waals surface area contributed by atoms with E-state index in [1.807, 2.05) is 56.3 Å². The van der Waals surface area contributed by atoms with Gasteiger partial charge in [0.05, 0.1) is 30.1 Å². The molecule has 5 rings (SSSR count). The highest BCUT2D eigenvalue weighted by Gasteiger charge is 2.61. The lowest BCUT2D eigenvalue weighted by Crippen LogP contribution is -2.58. The minimum atomic E-state index is -4.02. The lowest BCUT2D eigenvalue weighted by Gasteiger charge is -2.31. The average molecular weight is 792 g/mol. The van der Waals surface area contributed by atoms with Crippen molar-refractivity contribution in [2.45, 2.75) is 102 Å². The lowest BCUT2D eigenvalue weighted by atomic mass is 10.0. The number of carbonyl (C=O) groups excluding carboxylic acids is 4. The van der Waals surface area contributed by atoms with Gasteiger partial charge < -0.3 is 29.7 Å². The van der Waals surface area contributed by atoms with E-state index in [0.717, 1.165) is 5.56 Å². The van der Waals surface area contributed by atoms with Crippen molar-refractivity contribution in [2.75, 3.05) is 13.7 Å². The maximum Gasteiger partial charge on any atom is 0.408 e. The van der Waals surface area contributed by atoms with Gasteiger partial charge in [-0.3, -0.25) is 19.1 Å². The maximum absolute atomic E-state index is 14.5. The van der Waals surface area contributed by atoms with Crippen LogP contribution in [0, 0.1) is 11.8 Å². The Morgan fingerprint density at radius 1 is 1.05 bits per heavy atom. The molecule has 1 aromatic heterocycles. The normalized spacial score (nSPS) is 21.3. The van der Waals surface area contributed by atoms with Crippen LogP contribution in [0.3, 0.4) is 0 Å². The third-order valence-corrected chi connectivity index (χ3v) is 11.5. The summed E-state index contributed by atoms with van der Waals surface area (Å²) in [5.74, 6) is -1.63. The number of sulfonamides is 1. The Kier molecular flexibility index (Phi) is 12.4. The van der Waals surface area contributed by atoms with E-state index in [0.29, 0.717) is 28.1 Å². The van der Waals surface area contributed by atoms with Gasteiger partial charge >= 0.3 is 6.09 Å². The Morgan fingerprint density at radius 3 is 2.34 bits per heavy atom. The van der Waals surface area contributed by atoms with Crippen LogP contribution in [-0.4, -0.2) is 90.3 Å². The number of hydrogen-bond acceptors (Lipinski definition) is 10. The molecule has 0 bridgehead atoms. The molecule has 2 aromatic carbocycles. The number of methoxy groups -OCH3 is 1. The Labute approximate surface area is 328 Å². The van der Waals surface area contributed by atoms with Crippen molar-refractivity contribution in [2.24, 2.45) is 11.8 Å². The van der Waals surface area contributed by atoms with Gasteiger partial charge in [0, 0.05) is 35.4 Å². The first kappa shape index (κ1) is 42.0. The van der Waals surface area contributed by atoms with Crippen molar-refractivity contribution in [3.8, 4) is 22.8 Å². The summed E-state index contributed by atoms with van der Waals surface area (Å²) in [5.41, 5.74) is -0.339. The molecule has 1 aliphatic heterocycles. The number of hydrogen-bond donors (Lipinski definition) is 3. The van der Waals surface area contributed by atoms with Gasteiger partial charge in [-0.25, -0.2) is 18.2 Å². The molecule has 3 N–H and O–H groups in total. The van der Waals surface area contributed by atoms with Crippen molar-refractivity contribution in [1.82, 2.24) is 25.2 Å². The maximum atomic E-state index is 14.5. The second kappa shape index (κ2) is 16.5. The predicted molar refractivity (Wildman–Crippen MR) is 212 cm³/mol. The molecule has 1 saturated carbocycles. The van der Waals surface area contributed by atoms with Crippen LogP contribution in [0.15, 0.2) is 67.3 Å². The summed E-state index contributed by atoms with van der Waals surface area (Å²) in [4.78, 5) is 61.7. The molecule has 2 unspecified atom stereocenters. The first-order chi connectivity index (χ1) is 26.3. The number of ether oxygens (including phenoxy) is 3. The number of pyridine rings is 1. The monoisotopic (exact) mass is 791 g/mol. The fourth-order valence-corrected chi connectivity index (χ4v) is 7.41. The lowest BCUT2D eigenvalue weighted by molar-refractivity contribution is -0.141. The molecule has 1 aliphatic carbocycles. The van der Waals surface area contributed by atoms with E-state index in [4.69, 9.17) is 19.2 Å². The van der Waals surface area contributed by atoms with E-state index < -0.39 is 74.3 Å². The van der Waals surface area contributed by atoms with Crippen LogP contribution >= 0.6 is 0 Å². The van der Waals surface area contributed by atoms with Gasteiger partial charge in [0.2, 0.25) is 21.8 Å². The standard InChI is InChI=1S/C41H53N5O9S/c1-10-27-22-41(27,38(49)45-56(51,52)25(4)5)44-36(47)34-20-29(23-46(34)37(48)33(18-24(2)3)43-39(50)55-40(6,7)8)54-35-21-31(26-14-12-11-13-15-26)42-32-19-28(53-9)16-17-30(32)35/h10-17,19,21,24-25,27,29,33-34H,1,18,20,22-23H2,2-9H3,(H,43,50)(H,44,47)(H,45,49)/t27?,29-,33+,34+,41?/m1/s1. The predicted octanol–water partition coefficient (Wildman–Crippen LogP) is 5.11. The molecule has 1 saturated heterocycles. The minimum absolute atomic E-state index is 0.0137. The number of likely N-dealkylation sites (tertiary alicyclic amines) is 1. The van der Waals surface area contributed by atoms with Crippen molar-refractivity contribution < 1.29 is 41.8 Å². The molecule has 14 nitrogen and oxygen atoms in total. The highest BCUT2D eigenvalue weighted by atomic mass is 32.2. The first-order valence-electron chi connectivity index (χ1n) is 18.8. The van der Waals surface area contributed by atoms with Crippen molar-refractivity contribution in [1.29, 1.82) is 0 Å². The van der Waals surface area contributed by atoms with Crippen LogP contribution in [0.2, 0.25) is 0 Å². The molecule has 3 aromatic rings. The second-order valence-electron chi connectivity index (χ2n) is 16.1. The highest BCUT2D eigenvalue weighted by Crippen LogP contribution is 2.45. The Bertz CT molecular complexity index is 2080. The minimum Gasteiger partial charge on any atom is -0.497 e. The number of fused-ring (bicyclic) bond motifs is 1. The largest absolute Gasteiger partial charge is 0.497 e. The number of nitrogens with one attached hydrogen (secondary N) is 3. The first-order valence-corrected chi connectivity index (χ1v) is 20.3. The van der Waals surface area contributed by atoms with Gasteiger partial charge in [0.15, 0.2) is 0 Å². The quantitative estimate of drug-likeness (QED) is 0.186. The Hall–Kier alpha value is -5.18. The zero-order valence-corrected chi connectivity index (χ0v) is 34.1. The van der Waals surface area contributed by atoms with Crippen LogP contribution in [0.25, 0.3) is 22.2 Å². The average Bonchev–Trinajstić information content (AvgIpc) is 3.68. The van der Waals surface area contributed by atoms with Gasteiger partial charge in [0.25, 0.3) is 5.91 Å². The summed E-state index contributed by atoms with van der Waals surface area (Å²) in [6.45, 7) is 15.5. The summed E-state index contributed by atoms with van der Waals surface area (Å²) in [6, 6.07) is 14.5. The SMILES string of the molecule is C=CC1CC1(NC(=O)[C@@H]1C[C@@H](Oc2cc(-c3ccccc3)nc3cc(OC)ccc23)CN1C(=O)[C@H](CC(C)C)NC(=O)OC(C)(C)C)C(=O)NS(=O)(=O)C(C)C. The number of nitrogens with zero attached hydrogens (tertiary/aromatic N) is 2. The zero-order chi connectivity index (χ0) is 41.2. The number of rotatable bonds is 14. The molecule has 302 valence electrons. The number of alkyl carbamates (subject to hydrolysis) is 1. The summed E-state index contributed by atoms with van der Waals surface area (Å²) >= 11 is 0. The fourth-order valence-electron chi connectivity index (χ4n) is 6.73. The molecule has 2 fully saturated rings. The van der Waals surface area contributed by atoms with Gasteiger partial charge in [-0.15, -0.1) is 6.58 Å². The molecule has 56 heavy (non-hydrogen) atoms. The third kappa shape index (κ3) is 9.60. The topological polar surface area (TPSA) is 182 Å². The molecular formula is C41H53N5O9S. The highest BCUT2D eigenvalue weighted by molar-refractivity contribution is 7.90. The summed E-state index contributed by atoms with van der Waals surface area (Å²) in [5, 5.41) is 5.28. The Balaban J connectivity index is 1.51. The van der Waals surface area contributed by atoms with E-state index in [2.05, 4.69) is 21.9 Å².